The van der Waals surface area contributed by atoms with Crippen LogP contribution < -0.4 is 5.32 Å². The Balaban J connectivity index is 2.14. The summed E-state index contributed by atoms with van der Waals surface area (Å²) in [6.45, 7) is 3.90. The van der Waals surface area contributed by atoms with Crippen molar-refractivity contribution in [2.24, 2.45) is 0 Å². The zero-order valence-corrected chi connectivity index (χ0v) is 12.8. The van der Waals surface area contributed by atoms with Crippen LogP contribution in [-0.2, 0) is 19.4 Å². The molecule has 0 amide bonds. The van der Waals surface area contributed by atoms with Crippen LogP contribution in [-0.4, -0.2) is 28.9 Å². The standard InChI is InChI=1S/C17H23N3O/c1-3-11-20-12-10-19-17(20)13-16(21)15-7-5-4-6-14(15)8-9-18-2/h4-7,10,12,18H,3,8-9,11,13H2,1-2H3. The maximum absolute atomic E-state index is 12.6. The van der Waals surface area contributed by atoms with E-state index >= 15 is 0 Å². The van der Waals surface area contributed by atoms with E-state index in [2.05, 4.69) is 21.8 Å². The highest BCUT2D eigenvalue weighted by molar-refractivity contribution is 5.98. The van der Waals surface area contributed by atoms with Crippen molar-refractivity contribution in [3.05, 3.63) is 53.6 Å². The van der Waals surface area contributed by atoms with E-state index in [4.69, 9.17) is 0 Å². The normalized spacial score (nSPS) is 10.8. The molecular formula is C17H23N3O. The molecule has 0 aliphatic carbocycles. The lowest BCUT2D eigenvalue weighted by Gasteiger charge is -2.09. The molecule has 112 valence electrons. The Morgan fingerprint density at radius 3 is 2.90 bits per heavy atom. The number of aryl methyl sites for hydroxylation is 1. The van der Waals surface area contributed by atoms with Gasteiger partial charge < -0.3 is 9.88 Å². The Morgan fingerprint density at radius 2 is 2.14 bits per heavy atom. The Bertz CT molecular complexity index is 589. The third-order valence-corrected chi connectivity index (χ3v) is 3.55. The highest BCUT2D eigenvalue weighted by Gasteiger charge is 2.14. The number of aromatic nitrogens is 2. The lowest BCUT2D eigenvalue weighted by Crippen LogP contribution is -2.15. The van der Waals surface area contributed by atoms with E-state index in [1.54, 1.807) is 6.20 Å². The number of benzene rings is 1. The molecule has 1 aromatic carbocycles. The first kappa shape index (κ1) is 15.4. The third-order valence-electron chi connectivity index (χ3n) is 3.55. The van der Waals surface area contributed by atoms with Gasteiger partial charge in [0.15, 0.2) is 5.78 Å². The van der Waals surface area contributed by atoms with Gasteiger partial charge in [0.1, 0.15) is 5.82 Å². The second-order valence-electron chi connectivity index (χ2n) is 5.15. The molecule has 1 N–H and O–H groups in total. The topological polar surface area (TPSA) is 46.9 Å². The molecule has 0 unspecified atom stereocenters. The fourth-order valence-corrected chi connectivity index (χ4v) is 2.46. The highest BCUT2D eigenvalue weighted by Crippen LogP contribution is 2.13. The van der Waals surface area contributed by atoms with E-state index in [-0.39, 0.29) is 5.78 Å². The van der Waals surface area contributed by atoms with Gasteiger partial charge in [-0.1, -0.05) is 31.2 Å². The molecule has 0 saturated carbocycles. The number of hydrogen-bond acceptors (Lipinski definition) is 3. The van der Waals surface area contributed by atoms with Gasteiger partial charge in [0, 0.05) is 24.5 Å². The fraction of sp³-hybridized carbons (Fsp3) is 0.412. The summed E-state index contributed by atoms with van der Waals surface area (Å²) in [5.74, 6) is 0.996. The predicted octanol–water partition coefficient (Wildman–Crippen LogP) is 2.48. The quantitative estimate of drug-likeness (QED) is 0.758. The monoisotopic (exact) mass is 285 g/mol. The fourth-order valence-electron chi connectivity index (χ4n) is 2.46. The van der Waals surface area contributed by atoms with Crippen LogP contribution in [0.15, 0.2) is 36.7 Å². The molecule has 2 rings (SSSR count). The third kappa shape index (κ3) is 4.02. The minimum atomic E-state index is 0.144. The van der Waals surface area contributed by atoms with Crippen LogP contribution in [0, 0.1) is 0 Å². The minimum Gasteiger partial charge on any atom is -0.335 e. The summed E-state index contributed by atoms with van der Waals surface area (Å²) in [5.41, 5.74) is 1.92. The van der Waals surface area contributed by atoms with Crippen LogP contribution in [0.25, 0.3) is 0 Å². The van der Waals surface area contributed by atoms with Crippen molar-refractivity contribution in [2.45, 2.75) is 32.7 Å². The van der Waals surface area contributed by atoms with Gasteiger partial charge in [-0.05, 0) is 32.0 Å². The molecule has 0 atom stereocenters. The SMILES string of the molecule is CCCn1ccnc1CC(=O)c1ccccc1CCNC. The maximum atomic E-state index is 12.6. The van der Waals surface area contributed by atoms with Crippen LogP contribution in [0.5, 0.6) is 0 Å². The van der Waals surface area contributed by atoms with Crippen molar-refractivity contribution in [3.8, 4) is 0 Å². The van der Waals surface area contributed by atoms with E-state index in [0.29, 0.717) is 6.42 Å². The minimum absolute atomic E-state index is 0.144. The molecule has 0 aliphatic rings. The van der Waals surface area contributed by atoms with E-state index in [1.165, 1.54) is 0 Å². The second-order valence-corrected chi connectivity index (χ2v) is 5.15. The summed E-state index contributed by atoms with van der Waals surface area (Å²) < 4.78 is 2.06. The summed E-state index contributed by atoms with van der Waals surface area (Å²) in [4.78, 5) is 16.9. The van der Waals surface area contributed by atoms with Gasteiger partial charge in [0.25, 0.3) is 0 Å². The zero-order chi connectivity index (χ0) is 15.1. The summed E-state index contributed by atoms with van der Waals surface area (Å²) in [5, 5.41) is 3.13. The number of carbonyl (C=O) groups excluding carboxylic acids is 1. The van der Waals surface area contributed by atoms with E-state index in [9.17, 15) is 4.79 Å². The number of Topliss-reactive ketones (excluding diaryl/α,β-unsaturated/α-hetero) is 1. The van der Waals surface area contributed by atoms with Crippen molar-refractivity contribution in [3.63, 3.8) is 0 Å². The number of carbonyl (C=O) groups is 1. The highest BCUT2D eigenvalue weighted by atomic mass is 16.1. The zero-order valence-electron chi connectivity index (χ0n) is 12.8. The summed E-state index contributed by atoms with van der Waals surface area (Å²) >= 11 is 0. The number of likely N-dealkylation sites (N-methyl/N-ethyl adjacent to an activating group) is 1. The average molecular weight is 285 g/mol. The van der Waals surface area contributed by atoms with Crippen LogP contribution in [0.4, 0.5) is 0 Å². The molecule has 0 fully saturated rings. The molecule has 0 bridgehead atoms. The number of nitrogens with zero attached hydrogens (tertiary/aromatic N) is 2. The van der Waals surface area contributed by atoms with Crippen molar-refractivity contribution >= 4 is 5.78 Å². The van der Waals surface area contributed by atoms with Crippen molar-refractivity contribution < 1.29 is 4.79 Å². The molecule has 4 nitrogen and oxygen atoms in total. The second kappa shape index (κ2) is 7.74. The van der Waals surface area contributed by atoms with Crippen LogP contribution in [0.1, 0.15) is 35.1 Å². The average Bonchev–Trinajstić information content (AvgIpc) is 2.93. The summed E-state index contributed by atoms with van der Waals surface area (Å²) in [6.07, 6.45) is 5.98. The first-order valence-electron chi connectivity index (χ1n) is 7.52. The Hall–Kier alpha value is -1.94. The molecule has 21 heavy (non-hydrogen) atoms. The first-order chi connectivity index (χ1) is 10.3. The molecule has 2 aromatic rings. The Morgan fingerprint density at radius 1 is 1.33 bits per heavy atom. The van der Waals surface area contributed by atoms with Crippen molar-refractivity contribution in [2.75, 3.05) is 13.6 Å². The molecular weight excluding hydrogens is 262 g/mol. The van der Waals surface area contributed by atoms with E-state index in [0.717, 1.165) is 42.9 Å². The lowest BCUT2D eigenvalue weighted by molar-refractivity contribution is 0.0989. The molecule has 1 aromatic heterocycles. The first-order valence-corrected chi connectivity index (χ1v) is 7.52. The van der Waals surface area contributed by atoms with E-state index < -0.39 is 0 Å². The van der Waals surface area contributed by atoms with Gasteiger partial charge >= 0.3 is 0 Å². The molecule has 0 radical (unpaired) electrons. The summed E-state index contributed by atoms with van der Waals surface area (Å²) in [6, 6.07) is 7.86. The van der Waals surface area contributed by atoms with Gasteiger partial charge in [-0.15, -0.1) is 0 Å². The Labute approximate surface area is 126 Å². The molecule has 0 aliphatic heterocycles. The van der Waals surface area contributed by atoms with Crippen LogP contribution in [0.2, 0.25) is 0 Å². The van der Waals surface area contributed by atoms with Gasteiger partial charge in [-0.3, -0.25) is 4.79 Å². The molecule has 0 saturated heterocycles. The predicted molar refractivity (Wildman–Crippen MR) is 84.6 cm³/mol. The van der Waals surface area contributed by atoms with Crippen LogP contribution in [0.3, 0.4) is 0 Å². The van der Waals surface area contributed by atoms with Gasteiger partial charge in [-0.25, -0.2) is 4.98 Å². The summed E-state index contributed by atoms with van der Waals surface area (Å²) in [7, 11) is 1.92. The number of ketones is 1. The smallest absolute Gasteiger partial charge is 0.170 e. The van der Waals surface area contributed by atoms with Gasteiger partial charge in [0.05, 0.1) is 6.42 Å². The van der Waals surface area contributed by atoms with Crippen molar-refractivity contribution in [1.82, 2.24) is 14.9 Å². The van der Waals surface area contributed by atoms with Gasteiger partial charge in [0.2, 0.25) is 0 Å². The largest absolute Gasteiger partial charge is 0.335 e. The lowest BCUT2D eigenvalue weighted by atomic mass is 9.99. The molecule has 4 heteroatoms. The number of imidazole rings is 1. The number of rotatable bonds is 8. The number of nitrogens with one attached hydrogen (secondary N) is 1. The van der Waals surface area contributed by atoms with Crippen molar-refractivity contribution in [1.29, 1.82) is 0 Å². The number of hydrogen-bond donors (Lipinski definition) is 1. The van der Waals surface area contributed by atoms with Crippen LogP contribution >= 0.6 is 0 Å². The molecule has 0 spiro atoms. The maximum Gasteiger partial charge on any atom is 0.170 e. The van der Waals surface area contributed by atoms with Gasteiger partial charge in [-0.2, -0.15) is 0 Å². The van der Waals surface area contributed by atoms with E-state index in [1.807, 2.05) is 37.5 Å². The Kier molecular flexibility index (Phi) is 5.69. The molecule has 1 heterocycles.